The first-order valence-corrected chi connectivity index (χ1v) is 5.09. The molecule has 0 fully saturated rings. The molecule has 0 N–H and O–H groups in total. The van der Waals surface area contributed by atoms with Crippen molar-refractivity contribution in [2.75, 3.05) is 0 Å². The summed E-state index contributed by atoms with van der Waals surface area (Å²) in [5.74, 6) is -1.48. The van der Waals surface area contributed by atoms with E-state index in [0.29, 0.717) is 11.1 Å². The van der Waals surface area contributed by atoms with Gasteiger partial charge in [0.2, 0.25) is 0 Å². The number of hydrogen-bond donors (Lipinski definition) is 0. The van der Waals surface area contributed by atoms with Gasteiger partial charge < -0.3 is 9.90 Å². The van der Waals surface area contributed by atoms with E-state index in [4.69, 9.17) is 0 Å². The minimum atomic E-state index is -1.28. The number of rotatable bonds is 3. The van der Waals surface area contributed by atoms with Crippen LogP contribution in [0.4, 0.5) is 0 Å². The fraction of sp³-hybridized carbons (Fsp3) is 0. The molecule has 0 amide bonds. The Morgan fingerprint density at radius 3 is 1.94 bits per heavy atom. The van der Waals surface area contributed by atoms with Crippen LogP contribution in [0.5, 0.6) is 0 Å². The third-order valence-corrected chi connectivity index (χ3v) is 2.40. The summed E-state index contributed by atoms with van der Waals surface area (Å²) in [6.45, 7) is 0. The smallest absolute Gasteiger partial charge is 0.545 e. The quantitative estimate of drug-likeness (QED) is 0.490. The first-order chi connectivity index (χ1) is 8.18. The minimum absolute atomic E-state index is 0. The third kappa shape index (κ3) is 3.60. The second-order valence-electron chi connectivity index (χ2n) is 3.56. The van der Waals surface area contributed by atoms with Gasteiger partial charge in [-0.2, -0.15) is 0 Å². The van der Waals surface area contributed by atoms with Gasteiger partial charge in [0.25, 0.3) is 0 Å². The Morgan fingerprint density at radius 2 is 1.33 bits per heavy atom. The summed E-state index contributed by atoms with van der Waals surface area (Å²) in [6, 6.07) is 14.5. The maximum Gasteiger partial charge on any atom is 1.00 e. The van der Waals surface area contributed by atoms with Crippen molar-refractivity contribution in [3.8, 4) is 0 Å². The SMILES string of the molecule is O=C([O-])c1cccc(C(=O)c2ccccc2)c1.[K+]. The van der Waals surface area contributed by atoms with Crippen LogP contribution in [0.15, 0.2) is 54.6 Å². The Morgan fingerprint density at radius 1 is 0.778 bits per heavy atom. The summed E-state index contributed by atoms with van der Waals surface area (Å²) in [5, 5.41) is 10.7. The first-order valence-electron chi connectivity index (χ1n) is 5.09. The molecule has 0 atom stereocenters. The van der Waals surface area contributed by atoms with Crippen LogP contribution in [0.1, 0.15) is 26.3 Å². The van der Waals surface area contributed by atoms with E-state index in [1.807, 2.05) is 6.07 Å². The molecule has 0 spiro atoms. The molecule has 0 aliphatic heterocycles. The maximum atomic E-state index is 12.0. The van der Waals surface area contributed by atoms with Crippen molar-refractivity contribution >= 4 is 11.8 Å². The molecule has 18 heavy (non-hydrogen) atoms. The number of hydrogen-bond acceptors (Lipinski definition) is 3. The molecule has 0 saturated carbocycles. The van der Waals surface area contributed by atoms with Crippen molar-refractivity contribution in [2.24, 2.45) is 0 Å². The summed E-state index contributed by atoms with van der Waals surface area (Å²) in [4.78, 5) is 22.7. The van der Waals surface area contributed by atoms with Gasteiger partial charge in [-0.1, -0.05) is 48.5 Å². The zero-order chi connectivity index (χ0) is 12.3. The predicted molar refractivity (Wildman–Crippen MR) is 60.6 cm³/mol. The van der Waals surface area contributed by atoms with E-state index in [-0.39, 0.29) is 62.7 Å². The summed E-state index contributed by atoms with van der Waals surface area (Å²) >= 11 is 0. The zero-order valence-corrected chi connectivity index (χ0v) is 13.0. The number of carboxylic acids is 1. The molecule has 0 bridgehead atoms. The van der Waals surface area contributed by atoms with Gasteiger partial charge in [0.1, 0.15) is 0 Å². The molecule has 0 aliphatic rings. The molecule has 0 saturated heterocycles. The van der Waals surface area contributed by atoms with E-state index in [2.05, 4.69) is 0 Å². The Labute approximate surface area is 147 Å². The van der Waals surface area contributed by atoms with Crippen LogP contribution in [-0.2, 0) is 0 Å². The van der Waals surface area contributed by atoms with Crippen LogP contribution >= 0.6 is 0 Å². The standard InChI is InChI=1S/C14H10O3.K/c15-13(10-5-2-1-3-6-10)11-7-4-8-12(9-11)14(16)17;/h1-9H,(H,16,17);/q;+1/p-1. The maximum absolute atomic E-state index is 12.0. The van der Waals surface area contributed by atoms with Crippen molar-refractivity contribution < 1.29 is 66.1 Å². The van der Waals surface area contributed by atoms with Gasteiger partial charge in [0, 0.05) is 11.1 Å². The largest absolute Gasteiger partial charge is 1.00 e. The summed E-state index contributed by atoms with van der Waals surface area (Å²) in [7, 11) is 0. The summed E-state index contributed by atoms with van der Waals surface area (Å²) in [5.41, 5.74) is 0.882. The van der Waals surface area contributed by atoms with Gasteiger partial charge in [0.15, 0.2) is 5.78 Å². The average Bonchev–Trinajstić information content (AvgIpc) is 2.39. The molecule has 3 nitrogen and oxygen atoms in total. The number of benzene rings is 2. The molecule has 0 heterocycles. The van der Waals surface area contributed by atoms with Crippen LogP contribution in [0.25, 0.3) is 0 Å². The van der Waals surface area contributed by atoms with Crippen LogP contribution in [0.2, 0.25) is 0 Å². The molecule has 2 aromatic carbocycles. The zero-order valence-electron chi connectivity index (χ0n) is 9.92. The molecule has 0 radical (unpaired) electrons. The number of carboxylic acid groups (broad SMARTS) is 1. The van der Waals surface area contributed by atoms with E-state index in [1.165, 1.54) is 18.2 Å². The second kappa shape index (κ2) is 6.97. The molecule has 2 aromatic rings. The average molecular weight is 264 g/mol. The molecule has 4 heteroatoms. The van der Waals surface area contributed by atoms with Gasteiger partial charge >= 0.3 is 51.4 Å². The number of carbonyl (C=O) groups excluding carboxylic acids is 2. The van der Waals surface area contributed by atoms with Crippen molar-refractivity contribution in [3.05, 3.63) is 71.3 Å². The van der Waals surface area contributed by atoms with Crippen molar-refractivity contribution in [1.29, 1.82) is 0 Å². The van der Waals surface area contributed by atoms with E-state index in [0.717, 1.165) is 0 Å². The van der Waals surface area contributed by atoms with Crippen LogP contribution in [0.3, 0.4) is 0 Å². The molecule has 0 aliphatic carbocycles. The van der Waals surface area contributed by atoms with Crippen LogP contribution < -0.4 is 56.5 Å². The molecular formula is C14H9KO3. The topological polar surface area (TPSA) is 57.2 Å². The van der Waals surface area contributed by atoms with Gasteiger partial charge in [-0.3, -0.25) is 4.79 Å². The molecular weight excluding hydrogens is 255 g/mol. The number of carbonyl (C=O) groups is 2. The van der Waals surface area contributed by atoms with Crippen LogP contribution in [0, 0.1) is 0 Å². The Balaban J connectivity index is 0.00000162. The third-order valence-electron chi connectivity index (χ3n) is 2.40. The first kappa shape index (κ1) is 15.3. The summed E-state index contributed by atoms with van der Waals surface area (Å²) < 4.78 is 0. The molecule has 0 aromatic heterocycles. The van der Waals surface area contributed by atoms with Gasteiger partial charge in [-0.15, -0.1) is 0 Å². The minimum Gasteiger partial charge on any atom is -0.545 e. The monoisotopic (exact) mass is 264 g/mol. The number of ketones is 1. The van der Waals surface area contributed by atoms with Crippen LogP contribution in [-0.4, -0.2) is 11.8 Å². The van der Waals surface area contributed by atoms with Gasteiger partial charge in [-0.05, 0) is 11.6 Å². The Kier molecular flexibility index (Phi) is 5.91. The van der Waals surface area contributed by atoms with E-state index < -0.39 is 5.97 Å². The van der Waals surface area contributed by atoms with Crippen molar-refractivity contribution in [3.63, 3.8) is 0 Å². The summed E-state index contributed by atoms with van der Waals surface area (Å²) in [6.07, 6.45) is 0. The fourth-order valence-electron chi connectivity index (χ4n) is 1.54. The second-order valence-corrected chi connectivity index (χ2v) is 3.56. The van der Waals surface area contributed by atoms with Gasteiger partial charge in [0.05, 0.1) is 5.97 Å². The van der Waals surface area contributed by atoms with Gasteiger partial charge in [-0.25, -0.2) is 0 Å². The van der Waals surface area contributed by atoms with Crippen molar-refractivity contribution in [1.82, 2.24) is 0 Å². The Bertz CT molecular complexity index is 564. The molecule has 84 valence electrons. The molecule has 2 rings (SSSR count). The normalized spacial score (nSPS) is 9.33. The predicted octanol–water partition coefficient (Wildman–Crippen LogP) is -1.71. The molecule has 0 unspecified atom stereocenters. The Hall–Kier alpha value is -0.784. The van der Waals surface area contributed by atoms with E-state index >= 15 is 0 Å². The van der Waals surface area contributed by atoms with Crippen molar-refractivity contribution in [2.45, 2.75) is 0 Å². The fourth-order valence-corrected chi connectivity index (χ4v) is 1.54. The number of aromatic carboxylic acids is 1. The van der Waals surface area contributed by atoms with E-state index in [9.17, 15) is 14.7 Å². The van der Waals surface area contributed by atoms with E-state index in [1.54, 1.807) is 30.3 Å².